The fourth-order valence-corrected chi connectivity index (χ4v) is 8.50. The molecule has 3 aliphatic heterocycles. The highest BCUT2D eigenvalue weighted by molar-refractivity contribution is 7.82. The van der Waals surface area contributed by atoms with Crippen LogP contribution in [0, 0.1) is 5.82 Å². The van der Waals surface area contributed by atoms with Gasteiger partial charge in [0.05, 0.1) is 36.2 Å². The minimum absolute atomic E-state index is 0.133. The predicted molar refractivity (Wildman–Crippen MR) is 191 cm³/mol. The number of amides is 2. The van der Waals surface area contributed by atoms with Crippen molar-refractivity contribution < 1.29 is 44.5 Å². The summed E-state index contributed by atoms with van der Waals surface area (Å²) in [5, 5.41) is 9.36. The van der Waals surface area contributed by atoms with Crippen molar-refractivity contribution in [1.82, 2.24) is 43.8 Å². The zero-order valence-corrected chi connectivity index (χ0v) is 31.3. The molecule has 14 nitrogen and oxygen atoms in total. The van der Waals surface area contributed by atoms with Crippen molar-refractivity contribution in [2.75, 3.05) is 49.5 Å². The van der Waals surface area contributed by atoms with E-state index in [9.17, 15) is 40.1 Å². The number of rotatable bonds is 10. The Kier molecular flexibility index (Phi) is 11.4. The number of benzene rings is 1. The van der Waals surface area contributed by atoms with Crippen LogP contribution in [-0.4, -0.2) is 106 Å². The van der Waals surface area contributed by atoms with Crippen molar-refractivity contribution in [3.63, 3.8) is 0 Å². The molecular formula is C35H38F7N11O3S. The van der Waals surface area contributed by atoms with Crippen LogP contribution in [0.2, 0.25) is 0 Å². The fraction of sp³-hybridized carbons (Fsp3) is 0.486. The third-order valence-corrected chi connectivity index (χ3v) is 11.8. The first-order valence-electron chi connectivity index (χ1n) is 18.1. The molecule has 2 N–H and O–H groups in total. The minimum atomic E-state index is -4.87. The number of hydrogen-bond donors (Lipinski definition) is 2. The molecule has 3 saturated heterocycles. The molecule has 2 unspecified atom stereocenters. The quantitative estimate of drug-likeness (QED) is 0.176. The number of alkyl halides is 6. The molecule has 22 heteroatoms. The number of nitrogens with zero attached hydrogens (tertiary/aromatic N) is 9. The Bertz CT molecular complexity index is 2140. The van der Waals surface area contributed by atoms with Gasteiger partial charge in [0.25, 0.3) is 0 Å². The number of carbonyl (C=O) groups excluding carboxylic acids is 2. The summed E-state index contributed by atoms with van der Waals surface area (Å²) < 4.78 is 113. The smallest absolute Gasteiger partial charge is 0.367 e. The van der Waals surface area contributed by atoms with E-state index in [1.165, 1.54) is 6.07 Å². The minimum Gasteiger partial charge on any atom is -0.367 e. The van der Waals surface area contributed by atoms with Gasteiger partial charge in [-0.2, -0.15) is 31.4 Å². The Labute approximate surface area is 324 Å². The van der Waals surface area contributed by atoms with Crippen molar-refractivity contribution in [2.24, 2.45) is 7.05 Å². The van der Waals surface area contributed by atoms with E-state index in [2.05, 4.69) is 35.6 Å². The van der Waals surface area contributed by atoms with Gasteiger partial charge < -0.3 is 14.8 Å². The maximum atomic E-state index is 15.2. The fourth-order valence-electron chi connectivity index (χ4n) is 7.21. The average molecular weight is 826 g/mol. The monoisotopic (exact) mass is 825 g/mol. The van der Waals surface area contributed by atoms with Gasteiger partial charge in [-0.25, -0.2) is 27.9 Å². The highest BCUT2D eigenvalue weighted by atomic mass is 32.2. The van der Waals surface area contributed by atoms with E-state index >= 15 is 4.39 Å². The lowest BCUT2D eigenvalue weighted by Gasteiger charge is -2.36. The number of hydrogen-bond acceptors (Lipinski definition) is 10. The van der Waals surface area contributed by atoms with Gasteiger partial charge in [-0.05, 0) is 37.0 Å². The molecule has 0 bridgehead atoms. The highest BCUT2D eigenvalue weighted by Gasteiger charge is 2.37. The topological polar surface area (TPSA) is 146 Å². The first-order valence-corrected chi connectivity index (χ1v) is 19.2. The molecule has 7 rings (SSSR count). The number of piperazine rings is 1. The summed E-state index contributed by atoms with van der Waals surface area (Å²) in [7, 11) is 0.217. The Balaban J connectivity index is 0.914. The number of imidazole rings is 1. The van der Waals surface area contributed by atoms with Crippen molar-refractivity contribution in [3.05, 3.63) is 65.8 Å². The molecular weight excluding hydrogens is 788 g/mol. The highest BCUT2D eigenvalue weighted by Crippen LogP contribution is 2.37. The van der Waals surface area contributed by atoms with Crippen LogP contribution < -0.4 is 15.5 Å². The van der Waals surface area contributed by atoms with Crippen LogP contribution >= 0.6 is 0 Å². The molecule has 306 valence electrons. The van der Waals surface area contributed by atoms with Gasteiger partial charge in [-0.1, -0.05) is 6.07 Å². The Morgan fingerprint density at radius 2 is 1.68 bits per heavy atom. The van der Waals surface area contributed by atoms with E-state index in [0.717, 1.165) is 12.4 Å². The van der Waals surface area contributed by atoms with Crippen LogP contribution in [0.1, 0.15) is 48.6 Å². The third-order valence-electron chi connectivity index (χ3n) is 10.3. The largest absolute Gasteiger partial charge is 0.419 e. The molecule has 6 heterocycles. The van der Waals surface area contributed by atoms with Gasteiger partial charge >= 0.3 is 12.4 Å². The van der Waals surface area contributed by atoms with E-state index in [1.807, 2.05) is 4.90 Å². The molecule has 0 spiro atoms. The number of halogens is 7. The lowest BCUT2D eigenvalue weighted by atomic mass is 9.90. The molecule has 0 aliphatic carbocycles. The summed E-state index contributed by atoms with van der Waals surface area (Å²) >= 11 is 0. The zero-order valence-electron chi connectivity index (χ0n) is 30.5. The molecule has 0 saturated carbocycles. The molecule has 3 aromatic heterocycles. The van der Waals surface area contributed by atoms with E-state index < -0.39 is 58.8 Å². The summed E-state index contributed by atoms with van der Waals surface area (Å²) in [4.78, 5) is 40.2. The predicted octanol–water partition coefficient (Wildman–Crippen LogP) is 4.24. The molecule has 4 aromatic rings. The van der Waals surface area contributed by atoms with Crippen LogP contribution in [0.15, 0.2) is 48.0 Å². The maximum absolute atomic E-state index is 15.2. The van der Waals surface area contributed by atoms with Crippen molar-refractivity contribution in [3.8, 4) is 11.3 Å². The summed E-state index contributed by atoms with van der Waals surface area (Å²) in [5.41, 5.74) is -1.09. The number of nitrogens with one attached hydrogen (secondary N) is 2. The van der Waals surface area contributed by atoms with Crippen LogP contribution in [0.4, 0.5) is 42.4 Å². The van der Waals surface area contributed by atoms with E-state index in [1.54, 1.807) is 34.2 Å². The molecule has 1 aromatic carbocycles. The van der Waals surface area contributed by atoms with Crippen LogP contribution in [-0.2, 0) is 46.9 Å². The molecule has 3 fully saturated rings. The van der Waals surface area contributed by atoms with Gasteiger partial charge in [0.1, 0.15) is 39.8 Å². The van der Waals surface area contributed by atoms with E-state index in [0.29, 0.717) is 98.1 Å². The first-order chi connectivity index (χ1) is 27.0. The number of aromatic nitrogens is 6. The van der Waals surface area contributed by atoms with Crippen LogP contribution in [0.25, 0.3) is 11.3 Å². The Morgan fingerprint density at radius 1 is 0.947 bits per heavy atom. The second-order valence-electron chi connectivity index (χ2n) is 14.1. The summed E-state index contributed by atoms with van der Waals surface area (Å²) in [6.45, 7) is 2.07. The number of carbonyl (C=O) groups is 2. The molecule has 57 heavy (non-hydrogen) atoms. The molecule has 0 radical (unpaired) electrons. The van der Waals surface area contributed by atoms with E-state index in [4.69, 9.17) is 0 Å². The van der Waals surface area contributed by atoms with Crippen molar-refractivity contribution >= 4 is 34.4 Å². The molecule has 2 atom stereocenters. The lowest BCUT2D eigenvalue weighted by molar-refractivity contribution is -0.142. The summed E-state index contributed by atoms with van der Waals surface area (Å²) in [6, 6.07) is 4.49. The normalized spacial score (nSPS) is 19.9. The van der Waals surface area contributed by atoms with E-state index in [-0.39, 0.29) is 29.9 Å². The number of anilines is 2. The van der Waals surface area contributed by atoms with Gasteiger partial charge in [0.15, 0.2) is 0 Å². The van der Waals surface area contributed by atoms with Gasteiger partial charge in [-0.15, -0.1) is 0 Å². The SMILES string of the molecule is Cn1c(S(=O)N2CCC(Nc3ncc(C(F)(F)F)c(-c4cnn(CC(F)(F)F)c4)n3)CC2)cnc1CN1CCN(c2ccc(C3CCC(=O)NC3=O)cc2F)CC1. The maximum Gasteiger partial charge on any atom is 0.419 e. The van der Waals surface area contributed by atoms with Gasteiger partial charge in [0, 0.05) is 76.7 Å². The van der Waals surface area contributed by atoms with Gasteiger partial charge in [-0.3, -0.25) is 24.5 Å². The summed E-state index contributed by atoms with van der Waals surface area (Å²) in [5.74, 6) is -1.18. The van der Waals surface area contributed by atoms with Crippen LogP contribution in [0.3, 0.4) is 0 Å². The molecule has 2 amide bonds. The number of imide groups is 1. The van der Waals surface area contributed by atoms with Crippen molar-refractivity contribution in [1.29, 1.82) is 0 Å². The van der Waals surface area contributed by atoms with Gasteiger partial charge in [0.2, 0.25) is 17.8 Å². The zero-order chi connectivity index (χ0) is 40.6. The van der Waals surface area contributed by atoms with Crippen LogP contribution in [0.5, 0.6) is 0 Å². The second-order valence-corrected chi connectivity index (χ2v) is 15.6. The van der Waals surface area contributed by atoms with Crippen molar-refractivity contribution in [2.45, 2.75) is 68.1 Å². The Hall–Kier alpha value is -4.96. The second kappa shape index (κ2) is 16.1. The molecule has 3 aliphatic rings. The first kappa shape index (κ1) is 40.2. The number of piperidine rings is 2. The summed E-state index contributed by atoms with van der Waals surface area (Å²) in [6.07, 6.45) is -4.14. The lowest BCUT2D eigenvalue weighted by Crippen LogP contribution is -2.46. The Morgan fingerprint density at radius 3 is 2.35 bits per heavy atom. The average Bonchev–Trinajstić information content (AvgIpc) is 3.76. The third kappa shape index (κ3) is 9.27. The standard InChI is InChI=1S/C35H38F7N11O3S/c1-49-28(19-50-10-12-51(13-11-50)27-4-2-21(14-26(27)36)24-3-5-29(54)47-32(24)55)43-17-30(49)57(56)53-8-6-23(7-9-53)46-33-44-16-25(35(40,41)42)31(48-33)22-15-45-52(18-22)20-34(37,38)39/h2,4,14-18,23-24H,3,5-13,19-20H2,1H3,(H,44,46,48)(H,47,54,55).